The van der Waals surface area contributed by atoms with Crippen LogP contribution in [0.25, 0.3) is 0 Å². The topological polar surface area (TPSA) is 102 Å². The van der Waals surface area contributed by atoms with Crippen molar-refractivity contribution in [2.24, 2.45) is 5.73 Å². The van der Waals surface area contributed by atoms with Crippen LogP contribution in [-0.4, -0.2) is 54.8 Å². The molecular formula is C9H18N2O4S. The largest absolute Gasteiger partial charge is 0.480 e. The third-order valence-corrected chi connectivity index (χ3v) is 2.55. The summed E-state index contributed by atoms with van der Waals surface area (Å²) in [7, 11) is 1.43. The Hall–Kier alpha value is -0.790. The highest BCUT2D eigenvalue weighted by Crippen LogP contribution is 2.01. The van der Waals surface area contributed by atoms with Gasteiger partial charge in [-0.05, 0) is 18.4 Å². The maximum absolute atomic E-state index is 11.4. The molecule has 2 atom stereocenters. The molecule has 6 nitrogen and oxygen atoms in total. The molecule has 2 unspecified atom stereocenters. The molecule has 0 aromatic heterocycles. The van der Waals surface area contributed by atoms with Crippen LogP contribution in [0.15, 0.2) is 0 Å². The zero-order valence-electron chi connectivity index (χ0n) is 9.43. The van der Waals surface area contributed by atoms with E-state index < -0.39 is 24.0 Å². The van der Waals surface area contributed by atoms with E-state index in [1.165, 1.54) is 18.9 Å². The summed E-state index contributed by atoms with van der Waals surface area (Å²) in [5.41, 5.74) is 5.47. The fourth-order valence-corrected chi connectivity index (χ4v) is 1.50. The molecule has 4 N–H and O–H groups in total. The molecule has 94 valence electrons. The van der Waals surface area contributed by atoms with E-state index in [1.54, 1.807) is 0 Å². The second-order valence-corrected chi connectivity index (χ2v) is 4.23. The summed E-state index contributed by atoms with van der Waals surface area (Å²) >= 11 is 1.52. The number of carboxylic acids is 1. The minimum absolute atomic E-state index is 0.0701. The van der Waals surface area contributed by atoms with Gasteiger partial charge in [-0.1, -0.05) is 0 Å². The van der Waals surface area contributed by atoms with Crippen molar-refractivity contribution in [3.05, 3.63) is 0 Å². The number of nitrogens with two attached hydrogens (primary N) is 1. The Morgan fingerprint density at radius 1 is 1.56 bits per heavy atom. The van der Waals surface area contributed by atoms with E-state index in [1.807, 2.05) is 6.26 Å². The van der Waals surface area contributed by atoms with Crippen LogP contribution in [0.2, 0.25) is 0 Å². The van der Waals surface area contributed by atoms with Crippen LogP contribution >= 0.6 is 11.8 Å². The van der Waals surface area contributed by atoms with E-state index in [0.717, 1.165) is 0 Å². The number of hydrogen-bond donors (Lipinski definition) is 3. The number of nitrogens with one attached hydrogen (secondary N) is 1. The molecule has 0 saturated carbocycles. The molecule has 0 radical (unpaired) electrons. The number of aliphatic carboxylic acids is 1. The summed E-state index contributed by atoms with van der Waals surface area (Å²) in [6.45, 7) is 0.0701. The summed E-state index contributed by atoms with van der Waals surface area (Å²) < 4.78 is 4.71. The molecule has 0 aromatic rings. The molecule has 0 fully saturated rings. The number of carboxylic acid groups (broad SMARTS) is 1. The van der Waals surface area contributed by atoms with Gasteiger partial charge in [0.15, 0.2) is 0 Å². The quantitative estimate of drug-likeness (QED) is 0.525. The van der Waals surface area contributed by atoms with Crippen molar-refractivity contribution in [3.8, 4) is 0 Å². The van der Waals surface area contributed by atoms with E-state index in [9.17, 15) is 9.59 Å². The predicted molar refractivity (Wildman–Crippen MR) is 62.4 cm³/mol. The van der Waals surface area contributed by atoms with Crippen LogP contribution in [0.4, 0.5) is 0 Å². The van der Waals surface area contributed by atoms with Gasteiger partial charge >= 0.3 is 5.97 Å². The van der Waals surface area contributed by atoms with Crippen LogP contribution in [0.5, 0.6) is 0 Å². The second-order valence-electron chi connectivity index (χ2n) is 3.24. The van der Waals surface area contributed by atoms with Gasteiger partial charge in [-0.25, -0.2) is 4.79 Å². The van der Waals surface area contributed by atoms with Crippen LogP contribution in [-0.2, 0) is 14.3 Å². The van der Waals surface area contributed by atoms with Crippen LogP contribution in [0.1, 0.15) is 6.42 Å². The first kappa shape index (κ1) is 15.2. The summed E-state index contributed by atoms with van der Waals surface area (Å²) in [6.07, 6.45) is 2.25. The van der Waals surface area contributed by atoms with Crippen molar-refractivity contribution in [2.75, 3.05) is 25.7 Å². The average Bonchev–Trinajstić information content (AvgIpc) is 2.23. The molecule has 0 aliphatic rings. The predicted octanol–water partition coefficient (Wildman–Crippen LogP) is -0.717. The standard InChI is InChI=1S/C9H18N2O4S/c1-15-5-6(10)8(12)11-7(9(13)14)3-4-16-2/h6-7H,3-5,10H2,1-2H3,(H,11,12)(H,13,14). The molecule has 0 saturated heterocycles. The minimum Gasteiger partial charge on any atom is -0.480 e. The molecule has 0 spiro atoms. The third-order valence-electron chi connectivity index (χ3n) is 1.91. The Labute approximate surface area is 98.9 Å². The number of thioether (sulfide) groups is 1. The van der Waals surface area contributed by atoms with E-state index in [4.69, 9.17) is 15.6 Å². The van der Waals surface area contributed by atoms with Gasteiger partial charge in [0, 0.05) is 7.11 Å². The number of hydrogen-bond acceptors (Lipinski definition) is 5. The van der Waals surface area contributed by atoms with Crippen molar-refractivity contribution in [1.82, 2.24) is 5.32 Å². The Balaban J connectivity index is 4.17. The van der Waals surface area contributed by atoms with Crippen LogP contribution in [0, 0.1) is 0 Å². The van der Waals surface area contributed by atoms with Gasteiger partial charge in [0.1, 0.15) is 12.1 Å². The molecule has 7 heteroatoms. The van der Waals surface area contributed by atoms with E-state index in [-0.39, 0.29) is 6.61 Å². The lowest BCUT2D eigenvalue weighted by molar-refractivity contribution is -0.142. The van der Waals surface area contributed by atoms with E-state index in [2.05, 4.69) is 5.32 Å². The second kappa shape index (κ2) is 8.37. The van der Waals surface area contributed by atoms with Crippen molar-refractivity contribution in [1.29, 1.82) is 0 Å². The van der Waals surface area contributed by atoms with Gasteiger partial charge in [0.25, 0.3) is 0 Å². The zero-order chi connectivity index (χ0) is 12.6. The Bertz CT molecular complexity index is 238. The van der Waals surface area contributed by atoms with Gasteiger partial charge in [-0.2, -0.15) is 11.8 Å². The van der Waals surface area contributed by atoms with Gasteiger partial charge in [-0.15, -0.1) is 0 Å². The molecule has 0 aliphatic carbocycles. The average molecular weight is 250 g/mol. The first-order valence-electron chi connectivity index (χ1n) is 4.79. The lowest BCUT2D eigenvalue weighted by Gasteiger charge is -2.16. The van der Waals surface area contributed by atoms with Crippen LogP contribution < -0.4 is 11.1 Å². The highest BCUT2D eigenvalue weighted by Gasteiger charge is 2.22. The summed E-state index contributed by atoms with van der Waals surface area (Å²) in [6, 6.07) is -1.72. The summed E-state index contributed by atoms with van der Waals surface area (Å²) in [5, 5.41) is 11.2. The fraction of sp³-hybridized carbons (Fsp3) is 0.778. The molecule has 0 rings (SSSR count). The number of carbonyl (C=O) groups excluding carboxylic acids is 1. The first-order chi connectivity index (χ1) is 7.52. The minimum atomic E-state index is -1.05. The Kier molecular flexibility index (Phi) is 7.96. The van der Waals surface area contributed by atoms with Gasteiger partial charge in [-0.3, -0.25) is 4.79 Å². The van der Waals surface area contributed by atoms with Crippen molar-refractivity contribution in [3.63, 3.8) is 0 Å². The van der Waals surface area contributed by atoms with Gasteiger partial charge < -0.3 is 20.9 Å². The lowest BCUT2D eigenvalue weighted by Crippen LogP contribution is -2.50. The van der Waals surface area contributed by atoms with Crippen molar-refractivity contribution < 1.29 is 19.4 Å². The maximum Gasteiger partial charge on any atom is 0.326 e. The van der Waals surface area contributed by atoms with Crippen molar-refractivity contribution in [2.45, 2.75) is 18.5 Å². The monoisotopic (exact) mass is 250 g/mol. The summed E-state index contributed by atoms with van der Waals surface area (Å²) in [5.74, 6) is -0.890. The van der Waals surface area contributed by atoms with Gasteiger partial charge in [0.05, 0.1) is 6.61 Å². The number of rotatable bonds is 8. The molecule has 0 heterocycles. The highest BCUT2D eigenvalue weighted by molar-refractivity contribution is 7.98. The molecule has 0 aromatic carbocycles. The molecular weight excluding hydrogens is 232 g/mol. The normalized spacial score (nSPS) is 14.2. The fourth-order valence-electron chi connectivity index (χ4n) is 1.03. The SMILES string of the molecule is COCC(N)C(=O)NC(CCSC)C(=O)O. The van der Waals surface area contributed by atoms with Crippen molar-refractivity contribution >= 4 is 23.6 Å². The highest BCUT2D eigenvalue weighted by atomic mass is 32.2. The molecule has 16 heavy (non-hydrogen) atoms. The first-order valence-corrected chi connectivity index (χ1v) is 6.19. The molecule has 1 amide bonds. The van der Waals surface area contributed by atoms with E-state index >= 15 is 0 Å². The number of amides is 1. The third kappa shape index (κ3) is 5.94. The Morgan fingerprint density at radius 3 is 2.62 bits per heavy atom. The van der Waals surface area contributed by atoms with Crippen LogP contribution in [0.3, 0.4) is 0 Å². The molecule has 0 bridgehead atoms. The summed E-state index contributed by atoms with van der Waals surface area (Å²) in [4.78, 5) is 22.2. The molecule has 0 aliphatic heterocycles. The zero-order valence-corrected chi connectivity index (χ0v) is 10.3. The lowest BCUT2D eigenvalue weighted by atomic mass is 10.2. The number of ether oxygens (including phenoxy) is 1. The Morgan fingerprint density at radius 2 is 2.19 bits per heavy atom. The number of carbonyl (C=O) groups is 2. The smallest absolute Gasteiger partial charge is 0.326 e. The van der Waals surface area contributed by atoms with Gasteiger partial charge in [0.2, 0.25) is 5.91 Å². The number of methoxy groups -OCH3 is 1. The maximum atomic E-state index is 11.4. The van der Waals surface area contributed by atoms with E-state index in [0.29, 0.717) is 12.2 Å².